The molecule has 3 rings (SSSR count). The van der Waals surface area contributed by atoms with Crippen LogP contribution < -0.4 is 5.73 Å². The molecule has 0 amide bonds. The molecule has 1 unspecified atom stereocenters. The smallest absolute Gasteiger partial charge is 0.479 e. The monoisotopic (exact) mass is 540 g/mol. The number of halogens is 3. The van der Waals surface area contributed by atoms with Crippen LogP contribution >= 0.6 is 0 Å². The van der Waals surface area contributed by atoms with E-state index >= 15 is 0 Å². The largest absolute Gasteiger partial charge is 0.490 e. The number of carbonyl (C=O) groups is 5. The zero-order valence-corrected chi connectivity index (χ0v) is 19.1. The molecule has 6 N–H and O–H groups in total. The number of ketones is 2. The number of hydrogen-bond acceptors (Lipinski definition) is 8. The summed E-state index contributed by atoms with van der Waals surface area (Å²) in [5.74, 6) is -6.45. The predicted octanol–water partition coefficient (Wildman–Crippen LogP) is 2.12. The molecule has 1 aliphatic carbocycles. The Morgan fingerprint density at radius 2 is 1.42 bits per heavy atom. The van der Waals surface area contributed by atoms with Gasteiger partial charge >= 0.3 is 24.1 Å². The Balaban J connectivity index is 0.000000638. The normalized spacial score (nSPS) is 15.3. The molecule has 202 valence electrons. The third kappa shape index (κ3) is 6.77. The van der Waals surface area contributed by atoms with Crippen LogP contribution in [0.1, 0.15) is 50.2 Å². The highest BCUT2D eigenvalue weighted by Gasteiger charge is 2.63. The van der Waals surface area contributed by atoms with Gasteiger partial charge in [-0.25, -0.2) is 24.2 Å². The highest BCUT2D eigenvalue weighted by atomic mass is 19.4. The first-order chi connectivity index (χ1) is 17.6. The molecule has 0 radical (unpaired) electrons. The zero-order chi connectivity index (χ0) is 28.8. The maximum Gasteiger partial charge on any atom is 0.490 e. The van der Waals surface area contributed by atoms with Gasteiger partial charge in [-0.2, -0.15) is 13.2 Å². The number of aliphatic carboxylic acids is 3. The summed E-state index contributed by atoms with van der Waals surface area (Å²) in [5, 5.41) is 32.7. The fraction of sp³-hybridized carbons (Fsp3) is 0.217. The zero-order valence-electron chi connectivity index (χ0n) is 19.1. The topological polar surface area (TPSA) is 214 Å². The van der Waals surface area contributed by atoms with Crippen LogP contribution in [-0.2, 0) is 29.8 Å². The maximum absolute atomic E-state index is 12.7. The van der Waals surface area contributed by atoms with E-state index in [0.29, 0.717) is 11.1 Å². The van der Waals surface area contributed by atoms with Gasteiger partial charge in [0.05, 0.1) is 0 Å². The molecule has 1 atom stereocenters. The molecule has 15 heteroatoms. The first-order valence-corrected chi connectivity index (χ1v) is 10.3. The van der Waals surface area contributed by atoms with Crippen molar-refractivity contribution in [3.63, 3.8) is 0 Å². The molecule has 0 spiro atoms. The van der Waals surface area contributed by atoms with E-state index in [1.807, 2.05) is 0 Å². The number of benzene rings is 2. The number of nitrogens with one attached hydrogen (secondary N) is 1. The van der Waals surface area contributed by atoms with Crippen LogP contribution in [-0.4, -0.2) is 63.4 Å². The second-order valence-corrected chi connectivity index (χ2v) is 7.59. The van der Waals surface area contributed by atoms with Crippen molar-refractivity contribution in [2.75, 3.05) is 6.61 Å². The number of carboxylic acids is 3. The van der Waals surface area contributed by atoms with Gasteiger partial charge in [-0.3, -0.25) is 15.0 Å². The summed E-state index contributed by atoms with van der Waals surface area (Å²) in [6, 6.07) is 10.4. The molecule has 0 bridgehead atoms. The summed E-state index contributed by atoms with van der Waals surface area (Å²) >= 11 is 0. The summed E-state index contributed by atoms with van der Waals surface area (Å²) in [6.45, 7) is -0.872. The molecule has 0 aromatic heterocycles. The van der Waals surface area contributed by atoms with Crippen LogP contribution in [0, 0.1) is 5.41 Å². The predicted molar refractivity (Wildman–Crippen MR) is 119 cm³/mol. The number of carbonyl (C=O) groups excluding carboxylic acids is 2. The van der Waals surface area contributed by atoms with Crippen molar-refractivity contribution in [2.24, 2.45) is 5.73 Å². The van der Waals surface area contributed by atoms with Crippen molar-refractivity contribution in [2.45, 2.75) is 24.6 Å². The summed E-state index contributed by atoms with van der Waals surface area (Å²) < 4.78 is 31.7. The average Bonchev–Trinajstić information content (AvgIpc) is 3.51. The number of fused-ring (bicyclic) bond motifs is 1. The Bertz CT molecular complexity index is 1290. The summed E-state index contributed by atoms with van der Waals surface area (Å²) in [5.41, 5.74) is 4.48. The molecule has 12 nitrogen and oxygen atoms in total. The molecule has 0 fully saturated rings. The molecule has 2 aromatic carbocycles. The van der Waals surface area contributed by atoms with Crippen molar-refractivity contribution >= 4 is 35.3 Å². The minimum absolute atomic E-state index is 0.0681. The van der Waals surface area contributed by atoms with Crippen molar-refractivity contribution < 1.29 is 62.2 Å². The molecule has 0 heterocycles. The Hall–Kier alpha value is -4.63. The lowest BCUT2D eigenvalue weighted by Crippen LogP contribution is -2.27. The second-order valence-electron chi connectivity index (χ2n) is 7.59. The van der Waals surface area contributed by atoms with Crippen LogP contribution in [0.25, 0.3) is 0 Å². The number of rotatable bonds is 11. The van der Waals surface area contributed by atoms with Crippen molar-refractivity contribution in [1.82, 2.24) is 0 Å². The highest BCUT2D eigenvalue weighted by Crippen LogP contribution is 2.53. The number of amidine groups is 1. The maximum atomic E-state index is 12.7. The van der Waals surface area contributed by atoms with Gasteiger partial charge in [0.15, 0.2) is 18.2 Å². The minimum atomic E-state index is -5.08. The Kier molecular flexibility index (Phi) is 9.05. The van der Waals surface area contributed by atoms with Crippen LogP contribution in [0.5, 0.6) is 0 Å². The van der Waals surface area contributed by atoms with Crippen molar-refractivity contribution in [3.05, 3.63) is 70.3 Å². The van der Waals surface area contributed by atoms with E-state index in [0.717, 1.165) is 0 Å². The standard InChI is InChI=1S/C21H18N2O8.C2HF3O2/c22-19(23)12-6-4-11(5-7-12)15(24)8-9-16(25)13-2-1-3-14-18(13)21(14,20(28)29)31-30-10-17(26)27;3-2(4,5)1(6)7/h1-7H,8-10H2,(H3,22,23)(H,26,27)(H,28,29);(H,6,7). The average molecular weight is 540 g/mol. The number of nitrogens with two attached hydrogens (primary N) is 1. The van der Waals surface area contributed by atoms with Gasteiger partial charge in [0.2, 0.25) is 0 Å². The van der Waals surface area contributed by atoms with Gasteiger partial charge in [0, 0.05) is 40.7 Å². The van der Waals surface area contributed by atoms with Crippen LogP contribution in [0.15, 0.2) is 42.5 Å². The lowest BCUT2D eigenvalue weighted by Gasteiger charge is -2.11. The molecule has 2 aromatic rings. The SMILES string of the molecule is N=C(N)c1ccc(C(=O)CCC(=O)c2cccc3c2C3(OOCC(=O)O)C(=O)O)cc1.O=C(O)C(F)(F)F. The molecular formula is C23H19F3N2O10. The number of Topliss-reactive ketones (excluding diaryl/α,β-unsaturated/α-hetero) is 2. The highest BCUT2D eigenvalue weighted by molar-refractivity contribution is 6.07. The van der Waals surface area contributed by atoms with E-state index < -0.39 is 42.1 Å². The van der Waals surface area contributed by atoms with Gasteiger partial charge < -0.3 is 21.1 Å². The van der Waals surface area contributed by atoms with E-state index in [4.69, 9.17) is 31.0 Å². The summed E-state index contributed by atoms with van der Waals surface area (Å²) in [4.78, 5) is 65.7. The third-order valence-corrected chi connectivity index (χ3v) is 5.04. The number of nitrogen functional groups attached to an aromatic ring is 1. The Morgan fingerprint density at radius 1 is 0.895 bits per heavy atom. The fourth-order valence-electron chi connectivity index (χ4n) is 3.23. The van der Waals surface area contributed by atoms with Gasteiger partial charge in [0.25, 0.3) is 5.60 Å². The van der Waals surface area contributed by atoms with Gasteiger partial charge in [-0.15, -0.1) is 0 Å². The van der Waals surface area contributed by atoms with Crippen LogP contribution in [0.3, 0.4) is 0 Å². The van der Waals surface area contributed by atoms with Crippen LogP contribution in [0.4, 0.5) is 13.2 Å². The van der Waals surface area contributed by atoms with Crippen molar-refractivity contribution in [1.29, 1.82) is 5.41 Å². The molecule has 0 saturated heterocycles. The molecule has 38 heavy (non-hydrogen) atoms. The third-order valence-electron chi connectivity index (χ3n) is 5.04. The lowest BCUT2D eigenvalue weighted by atomic mass is 10.00. The molecule has 0 saturated carbocycles. The van der Waals surface area contributed by atoms with E-state index in [2.05, 4.69) is 4.89 Å². The number of alkyl halides is 3. The number of carboxylic acid groups (broad SMARTS) is 3. The number of hydrogen-bond donors (Lipinski definition) is 5. The van der Waals surface area contributed by atoms with Gasteiger partial charge in [-0.1, -0.05) is 42.5 Å². The Labute approximate surface area is 210 Å². The van der Waals surface area contributed by atoms with E-state index in [1.54, 1.807) is 0 Å². The summed E-state index contributed by atoms with van der Waals surface area (Å²) in [7, 11) is 0. The second kappa shape index (κ2) is 11.6. The van der Waals surface area contributed by atoms with E-state index in [-0.39, 0.29) is 41.2 Å². The first-order valence-electron chi connectivity index (χ1n) is 10.3. The summed E-state index contributed by atoms with van der Waals surface area (Å²) in [6.07, 6.45) is -5.37. The van der Waals surface area contributed by atoms with Crippen molar-refractivity contribution in [3.8, 4) is 0 Å². The minimum Gasteiger partial charge on any atom is -0.479 e. The lowest BCUT2D eigenvalue weighted by molar-refractivity contribution is -0.333. The first kappa shape index (κ1) is 29.6. The molecule has 1 aliphatic rings. The molecule has 0 aliphatic heterocycles. The van der Waals surface area contributed by atoms with Gasteiger partial charge in [-0.05, 0) is 0 Å². The van der Waals surface area contributed by atoms with Gasteiger partial charge in [0.1, 0.15) is 5.84 Å². The molecular weight excluding hydrogens is 521 g/mol. The fourth-order valence-corrected chi connectivity index (χ4v) is 3.23. The Morgan fingerprint density at radius 3 is 1.89 bits per heavy atom. The van der Waals surface area contributed by atoms with E-state index in [1.165, 1.54) is 42.5 Å². The quantitative estimate of drug-likeness (QED) is 0.0915. The van der Waals surface area contributed by atoms with Crippen LogP contribution in [0.2, 0.25) is 0 Å². The van der Waals surface area contributed by atoms with E-state index in [9.17, 15) is 37.5 Å².